The molecule has 3 aromatic carbocycles. The van der Waals surface area contributed by atoms with Gasteiger partial charge in [-0.2, -0.15) is 9.67 Å². The zero-order chi connectivity index (χ0) is 23.4. The molecule has 0 spiro atoms. The van der Waals surface area contributed by atoms with E-state index in [1.165, 1.54) is 31.0 Å². The maximum atomic E-state index is 13.4. The van der Waals surface area contributed by atoms with Crippen molar-refractivity contribution in [2.75, 3.05) is 19.5 Å². The Labute approximate surface area is 190 Å². The van der Waals surface area contributed by atoms with Crippen LogP contribution >= 0.6 is 0 Å². The van der Waals surface area contributed by atoms with Crippen molar-refractivity contribution < 1.29 is 18.7 Å². The molecular weight excluding hydrogens is 423 g/mol. The van der Waals surface area contributed by atoms with Crippen LogP contribution in [0.25, 0.3) is 11.4 Å². The van der Waals surface area contributed by atoms with Crippen molar-refractivity contribution in [1.82, 2.24) is 14.8 Å². The van der Waals surface area contributed by atoms with Gasteiger partial charge in [-0.15, -0.1) is 5.10 Å². The highest BCUT2D eigenvalue weighted by Crippen LogP contribution is 2.28. The van der Waals surface area contributed by atoms with E-state index in [1.54, 1.807) is 30.3 Å². The zero-order valence-corrected chi connectivity index (χ0v) is 18.5. The lowest BCUT2D eigenvalue weighted by Crippen LogP contribution is -2.17. The van der Waals surface area contributed by atoms with Gasteiger partial charge in [0.05, 0.1) is 14.2 Å². The number of anilines is 1. The van der Waals surface area contributed by atoms with Gasteiger partial charge in [-0.05, 0) is 42.8 Å². The summed E-state index contributed by atoms with van der Waals surface area (Å²) in [6, 6.07) is 18.7. The van der Waals surface area contributed by atoms with Crippen LogP contribution in [0.2, 0.25) is 0 Å². The predicted molar refractivity (Wildman–Crippen MR) is 123 cm³/mol. The summed E-state index contributed by atoms with van der Waals surface area (Å²) in [6.45, 7) is 2.33. The lowest BCUT2D eigenvalue weighted by atomic mass is 10.1. The van der Waals surface area contributed by atoms with E-state index in [0.717, 1.165) is 16.7 Å². The third-order valence-electron chi connectivity index (χ3n) is 5.10. The maximum Gasteiger partial charge on any atom is 0.281 e. The largest absolute Gasteiger partial charge is 0.493 e. The number of aromatic nitrogens is 3. The molecule has 0 aliphatic rings. The van der Waals surface area contributed by atoms with Crippen molar-refractivity contribution in [1.29, 1.82) is 0 Å². The fraction of sp³-hybridized carbons (Fsp3) is 0.160. The van der Waals surface area contributed by atoms with E-state index < -0.39 is 0 Å². The molecule has 0 aliphatic heterocycles. The first-order valence-corrected chi connectivity index (χ1v) is 10.3. The lowest BCUT2D eigenvalue weighted by molar-refractivity contribution is 0.0947. The van der Waals surface area contributed by atoms with Crippen LogP contribution in [0, 0.1) is 12.7 Å². The molecule has 168 valence electrons. The molecule has 0 radical (unpaired) electrons. The smallest absolute Gasteiger partial charge is 0.281 e. The molecule has 33 heavy (non-hydrogen) atoms. The molecule has 0 unspecified atom stereocenters. The molecule has 0 atom stereocenters. The minimum absolute atomic E-state index is 0.273. The second-order valence-corrected chi connectivity index (χ2v) is 7.39. The molecule has 0 saturated carbocycles. The fourth-order valence-electron chi connectivity index (χ4n) is 3.27. The van der Waals surface area contributed by atoms with Gasteiger partial charge in [0.15, 0.2) is 17.3 Å². The van der Waals surface area contributed by atoms with Gasteiger partial charge in [0.25, 0.3) is 5.91 Å². The zero-order valence-electron chi connectivity index (χ0n) is 18.5. The number of aryl methyl sites for hydroxylation is 1. The van der Waals surface area contributed by atoms with Gasteiger partial charge in [0.2, 0.25) is 5.95 Å². The van der Waals surface area contributed by atoms with Crippen LogP contribution in [0.5, 0.6) is 11.5 Å². The average Bonchev–Trinajstić information content (AvgIpc) is 3.27. The Morgan fingerprint density at radius 1 is 0.970 bits per heavy atom. The Bertz CT molecular complexity index is 1270. The third-order valence-corrected chi connectivity index (χ3v) is 5.10. The second-order valence-electron chi connectivity index (χ2n) is 7.39. The fourth-order valence-corrected chi connectivity index (χ4v) is 3.27. The number of nitrogens with one attached hydrogen (secondary N) is 1. The average molecular weight is 446 g/mol. The molecule has 4 aromatic rings. The van der Waals surface area contributed by atoms with Crippen LogP contribution in [0.1, 0.15) is 21.5 Å². The van der Waals surface area contributed by atoms with Crippen LogP contribution < -0.4 is 14.8 Å². The molecule has 0 fully saturated rings. The highest BCUT2D eigenvalue weighted by Gasteiger charge is 2.20. The summed E-state index contributed by atoms with van der Waals surface area (Å²) in [5.41, 5.74) is 3.08. The first kappa shape index (κ1) is 22.0. The Kier molecular flexibility index (Phi) is 6.35. The van der Waals surface area contributed by atoms with E-state index in [-0.39, 0.29) is 17.7 Å². The highest BCUT2D eigenvalue weighted by atomic mass is 19.1. The van der Waals surface area contributed by atoms with Crippen molar-refractivity contribution in [3.8, 4) is 22.9 Å². The van der Waals surface area contributed by atoms with E-state index in [9.17, 15) is 9.18 Å². The first-order valence-electron chi connectivity index (χ1n) is 10.3. The highest BCUT2D eigenvalue weighted by molar-refractivity contribution is 5.97. The predicted octanol–water partition coefficient (Wildman–Crippen LogP) is 4.71. The number of rotatable bonds is 7. The van der Waals surface area contributed by atoms with Crippen molar-refractivity contribution in [2.24, 2.45) is 0 Å². The second kappa shape index (κ2) is 9.52. The molecule has 1 N–H and O–H groups in total. The van der Waals surface area contributed by atoms with E-state index >= 15 is 0 Å². The minimum Gasteiger partial charge on any atom is -0.493 e. The molecule has 1 heterocycles. The van der Waals surface area contributed by atoms with Gasteiger partial charge in [0.1, 0.15) is 5.82 Å². The Morgan fingerprint density at radius 2 is 1.67 bits per heavy atom. The van der Waals surface area contributed by atoms with Gasteiger partial charge in [0, 0.05) is 17.7 Å². The molecular formula is C25H23FN4O3. The summed E-state index contributed by atoms with van der Waals surface area (Å²) in [5.74, 6) is 0.932. The van der Waals surface area contributed by atoms with E-state index in [2.05, 4.69) is 15.4 Å². The number of halogens is 1. The van der Waals surface area contributed by atoms with Gasteiger partial charge in [-0.25, -0.2) is 4.39 Å². The first-order chi connectivity index (χ1) is 16.0. The summed E-state index contributed by atoms with van der Waals surface area (Å²) in [4.78, 5) is 17.9. The van der Waals surface area contributed by atoms with Crippen molar-refractivity contribution in [2.45, 2.75) is 13.5 Å². The molecule has 0 bridgehead atoms. The molecule has 7 nitrogen and oxygen atoms in total. The Morgan fingerprint density at radius 3 is 2.33 bits per heavy atom. The summed E-state index contributed by atoms with van der Waals surface area (Å²) in [7, 11) is 3.04. The number of hydrogen-bond donors (Lipinski definition) is 1. The molecule has 8 heteroatoms. The third kappa shape index (κ3) is 4.85. The van der Waals surface area contributed by atoms with Crippen LogP contribution in [-0.2, 0) is 6.54 Å². The molecule has 4 rings (SSSR count). The maximum absolute atomic E-state index is 13.4. The number of methoxy groups -OCH3 is 2. The molecule has 0 amide bonds. The summed E-state index contributed by atoms with van der Waals surface area (Å²) in [5, 5.41) is 7.61. The van der Waals surface area contributed by atoms with Crippen LogP contribution in [-0.4, -0.2) is 34.9 Å². The standard InChI is InChI=1S/C25H23FN4O3/c1-16-4-8-18(9-5-16)23-28-25(27-15-17-6-11-20(26)12-7-17)30(29-23)24(31)19-10-13-21(32-2)22(14-19)33-3/h4-14H,15H2,1-3H3,(H,27,28,29). The SMILES string of the molecule is COc1ccc(C(=O)n2nc(-c3ccc(C)cc3)nc2NCc2ccc(F)cc2)cc1OC. The summed E-state index contributed by atoms with van der Waals surface area (Å²) in [6.07, 6.45) is 0. The lowest BCUT2D eigenvalue weighted by Gasteiger charge is -2.10. The quantitative estimate of drug-likeness (QED) is 0.443. The van der Waals surface area contributed by atoms with Gasteiger partial charge in [-0.1, -0.05) is 42.0 Å². The van der Waals surface area contributed by atoms with E-state index in [0.29, 0.717) is 29.4 Å². The molecule has 0 aliphatic carbocycles. The molecule has 1 aromatic heterocycles. The number of hydrogen-bond acceptors (Lipinski definition) is 6. The number of benzene rings is 3. The van der Waals surface area contributed by atoms with Gasteiger partial charge in [-0.3, -0.25) is 4.79 Å². The Hall–Kier alpha value is -4.20. The number of ether oxygens (including phenoxy) is 2. The normalized spacial score (nSPS) is 10.7. The van der Waals surface area contributed by atoms with Crippen molar-refractivity contribution in [3.63, 3.8) is 0 Å². The Balaban J connectivity index is 1.70. The van der Waals surface area contributed by atoms with Gasteiger partial charge >= 0.3 is 0 Å². The molecule has 0 saturated heterocycles. The summed E-state index contributed by atoms with van der Waals surface area (Å²) < 4.78 is 25.0. The van der Waals surface area contributed by atoms with Crippen molar-refractivity contribution >= 4 is 11.9 Å². The topological polar surface area (TPSA) is 78.3 Å². The van der Waals surface area contributed by atoms with E-state index in [1.807, 2.05) is 31.2 Å². The van der Waals surface area contributed by atoms with Crippen molar-refractivity contribution in [3.05, 3.63) is 89.2 Å². The monoisotopic (exact) mass is 446 g/mol. The van der Waals surface area contributed by atoms with Gasteiger partial charge < -0.3 is 14.8 Å². The number of nitrogens with zero attached hydrogens (tertiary/aromatic N) is 3. The van der Waals surface area contributed by atoms with Crippen LogP contribution in [0.15, 0.2) is 66.7 Å². The van der Waals surface area contributed by atoms with Crippen LogP contribution in [0.3, 0.4) is 0 Å². The summed E-state index contributed by atoms with van der Waals surface area (Å²) >= 11 is 0. The minimum atomic E-state index is -0.386. The van der Waals surface area contributed by atoms with Crippen LogP contribution in [0.4, 0.5) is 10.3 Å². The van der Waals surface area contributed by atoms with E-state index in [4.69, 9.17) is 9.47 Å². The number of carbonyl (C=O) groups is 1. The number of carbonyl (C=O) groups excluding carboxylic acids is 1.